The average Bonchev–Trinajstić information content (AvgIpc) is 2.76. The highest BCUT2D eigenvalue weighted by Gasteiger charge is 2.03. The summed E-state index contributed by atoms with van der Waals surface area (Å²) in [5.74, 6) is 0. The highest BCUT2D eigenvalue weighted by atomic mass is 15.2. The van der Waals surface area contributed by atoms with E-state index in [9.17, 15) is 0 Å². The van der Waals surface area contributed by atoms with Gasteiger partial charge < -0.3 is 0 Å². The van der Waals surface area contributed by atoms with Crippen molar-refractivity contribution in [2.24, 2.45) is 0 Å². The molecule has 86 valence electrons. The number of aryl methyl sites for hydroxylation is 1. The van der Waals surface area contributed by atoms with E-state index >= 15 is 0 Å². The van der Waals surface area contributed by atoms with Gasteiger partial charge in [0.05, 0.1) is 17.3 Å². The second-order valence-electron chi connectivity index (χ2n) is 2.65. The molecule has 2 aromatic rings. The Morgan fingerprint density at radius 3 is 2.44 bits per heavy atom. The van der Waals surface area contributed by atoms with Gasteiger partial charge in [-0.1, -0.05) is 27.7 Å². The quantitative estimate of drug-likeness (QED) is 0.677. The van der Waals surface area contributed by atoms with Gasteiger partial charge in [-0.3, -0.25) is 0 Å². The number of fused-ring (bicyclic) bond motifs is 1. The van der Waals surface area contributed by atoms with E-state index < -0.39 is 0 Å². The first-order chi connectivity index (χ1) is 7.83. The molecule has 16 heavy (non-hydrogen) atoms. The van der Waals surface area contributed by atoms with Crippen molar-refractivity contribution in [3.63, 3.8) is 0 Å². The number of nitrogens with zero attached hydrogens (tertiary/aromatic N) is 3. The Kier molecular flexibility index (Phi) is 6.62. The van der Waals surface area contributed by atoms with Gasteiger partial charge in [-0.05, 0) is 24.6 Å². The summed E-state index contributed by atoms with van der Waals surface area (Å²) in [6.07, 6.45) is 3.60. The number of pyridine rings is 1. The third-order valence-corrected chi connectivity index (χ3v) is 1.84. The normalized spacial score (nSPS) is 8.25. The molecule has 0 saturated heterocycles. The minimum Gasteiger partial charge on any atom is -0.239 e. The van der Waals surface area contributed by atoms with Gasteiger partial charge in [0.25, 0.3) is 0 Å². The Morgan fingerprint density at radius 1 is 1.25 bits per heavy atom. The molecule has 0 radical (unpaired) electrons. The zero-order valence-electron chi connectivity index (χ0n) is 10.7. The largest absolute Gasteiger partial charge is 0.239 e. The van der Waals surface area contributed by atoms with Crippen LogP contribution in [-0.4, -0.2) is 9.61 Å². The Bertz CT molecular complexity index is 463. The third-order valence-electron chi connectivity index (χ3n) is 1.84. The molecule has 0 aliphatic heterocycles. The number of aromatic nitrogens is 2. The van der Waals surface area contributed by atoms with E-state index in [4.69, 9.17) is 5.26 Å². The van der Waals surface area contributed by atoms with Crippen molar-refractivity contribution in [2.45, 2.75) is 34.6 Å². The molecule has 0 fully saturated rings. The van der Waals surface area contributed by atoms with Gasteiger partial charge in [-0.15, -0.1) is 0 Å². The second kappa shape index (κ2) is 7.47. The first-order valence-corrected chi connectivity index (χ1v) is 5.66. The molecule has 2 aromatic heterocycles. The molecule has 0 N–H and O–H groups in total. The summed E-state index contributed by atoms with van der Waals surface area (Å²) >= 11 is 0. The molecule has 2 rings (SSSR count). The van der Waals surface area contributed by atoms with Crippen molar-refractivity contribution in [1.82, 2.24) is 9.61 Å². The Hall–Kier alpha value is -1.82. The summed E-state index contributed by atoms with van der Waals surface area (Å²) in [7, 11) is 0. The van der Waals surface area contributed by atoms with Gasteiger partial charge in [-0.25, -0.2) is 4.52 Å². The lowest BCUT2D eigenvalue weighted by atomic mass is 10.2. The number of hydrogen-bond acceptors (Lipinski definition) is 2. The van der Waals surface area contributed by atoms with Crippen molar-refractivity contribution in [1.29, 1.82) is 5.26 Å². The molecule has 0 bridgehead atoms. The summed E-state index contributed by atoms with van der Waals surface area (Å²) in [5, 5.41) is 12.9. The summed E-state index contributed by atoms with van der Waals surface area (Å²) in [5.41, 5.74) is 2.61. The smallest absolute Gasteiger partial charge is 0.101 e. The van der Waals surface area contributed by atoms with Crippen LogP contribution in [-0.2, 0) is 0 Å². The predicted octanol–water partition coefficient (Wildman–Crippen LogP) is 3.57. The predicted molar refractivity (Wildman–Crippen MR) is 67.3 cm³/mol. The molecule has 3 heteroatoms. The number of rotatable bonds is 0. The van der Waals surface area contributed by atoms with Crippen molar-refractivity contribution in [3.05, 3.63) is 35.7 Å². The summed E-state index contributed by atoms with van der Waals surface area (Å²) in [6, 6.07) is 5.75. The minimum absolute atomic E-state index is 0.674. The maximum atomic E-state index is 8.79. The summed E-state index contributed by atoms with van der Waals surface area (Å²) in [4.78, 5) is 0. The average molecular weight is 217 g/mol. The van der Waals surface area contributed by atoms with Crippen LogP contribution in [0.1, 0.15) is 38.8 Å². The molecule has 0 aromatic carbocycles. The van der Waals surface area contributed by atoms with Crippen molar-refractivity contribution >= 4 is 5.52 Å². The Labute approximate surface area is 97.3 Å². The molecule has 0 aliphatic carbocycles. The van der Waals surface area contributed by atoms with Crippen LogP contribution in [0.15, 0.2) is 24.5 Å². The van der Waals surface area contributed by atoms with E-state index in [2.05, 4.69) is 11.2 Å². The Balaban J connectivity index is 0.000000509. The van der Waals surface area contributed by atoms with Gasteiger partial charge in [0, 0.05) is 6.20 Å². The van der Waals surface area contributed by atoms with Crippen LogP contribution >= 0.6 is 0 Å². The molecule has 0 spiro atoms. The number of nitriles is 1. The highest BCUT2D eigenvalue weighted by molar-refractivity contribution is 5.64. The molecule has 3 nitrogen and oxygen atoms in total. The second-order valence-corrected chi connectivity index (χ2v) is 2.65. The first kappa shape index (κ1) is 14.2. The van der Waals surface area contributed by atoms with Crippen molar-refractivity contribution < 1.29 is 0 Å². The van der Waals surface area contributed by atoms with Gasteiger partial charge in [0.1, 0.15) is 6.07 Å². The lowest BCUT2D eigenvalue weighted by Gasteiger charge is -1.94. The van der Waals surface area contributed by atoms with Crippen LogP contribution < -0.4 is 0 Å². The fourth-order valence-electron chi connectivity index (χ4n) is 1.29. The van der Waals surface area contributed by atoms with Crippen LogP contribution in [0.2, 0.25) is 0 Å². The van der Waals surface area contributed by atoms with E-state index in [0.29, 0.717) is 5.56 Å². The van der Waals surface area contributed by atoms with Crippen LogP contribution in [0.3, 0.4) is 0 Å². The molecule has 2 heterocycles. The third kappa shape index (κ3) is 2.83. The zero-order valence-corrected chi connectivity index (χ0v) is 10.7. The van der Waals surface area contributed by atoms with E-state index in [1.165, 1.54) is 0 Å². The van der Waals surface area contributed by atoms with E-state index in [1.807, 2.05) is 46.9 Å². The lowest BCUT2D eigenvalue weighted by Crippen LogP contribution is -1.88. The topological polar surface area (TPSA) is 41.1 Å². The van der Waals surface area contributed by atoms with Gasteiger partial charge in [-0.2, -0.15) is 10.4 Å². The van der Waals surface area contributed by atoms with E-state index in [-0.39, 0.29) is 0 Å². The van der Waals surface area contributed by atoms with Crippen LogP contribution in [0, 0.1) is 18.3 Å². The van der Waals surface area contributed by atoms with Gasteiger partial charge >= 0.3 is 0 Å². The van der Waals surface area contributed by atoms with E-state index in [1.54, 1.807) is 16.8 Å². The van der Waals surface area contributed by atoms with E-state index in [0.717, 1.165) is 11.1 Å². The fraction of sp³-hybridized carbons (Fsp3) is 0.385. The van der Waals surface area contributed by atoms with Crippen LogP contribution in [0.5, 0.6) is 0 Å². The van der Waals surface area contributed by atoms with Crippen molar-refractivity contribution in [3.8, 4) is 6.07 Å². The SMILES string of the molecule is CC.CC.Cc1cnn2cccc(C#N)c12. The molecule has 0 saturated carbocycles. The summed E-state index contributed by atoms with van der Waals surface area (Å²) in [6.45, 7) is 9.95. The van der Waals surface area contributed by atoms with Crippen LogP contribution in [0.25, 0.3) is 5.52 Å². The van der Waals surface area contributed by atoms with Crippen LogP contribution in [0.4, 0.5) is 0 Å². The van der Waals surface area contributed by atoms with Gasteiger partial charge in [0.2, 0.25) is 0 Å². The standard InChI is InChI=1S/C9H7N3.2C2H6/c1-7-6-11-12-4-2-3-8(5-10)9(7)12;2*1-2/h2-4,6H,1H3;2*1-2H3. The molecule has 0 amide bonds. The fourth-order valence-corrected chi connectivity index (χ4v) is 1.29. The maximum absolute atomic E-state index is 8.79. The summed E-state index contributed by atoms with van der Waals surface area (Å²) < 4.78 is 1.72. The highest BCUT2D eigenvalue weighted by Crippen LogP contribution is 2.13. The maximum Gasteiger partial charge on any atom is 0.101 e. The zero-order chi connectivity index (χ0) is 12.6. The minimum atomic E-state index is 0.674. The molecule has 0 atom stereocenters. The first-order valence-electron chi connectivity index (χ1n) is 5.66. The molecule has 0 unspecified atom stereocenters. The molecular formula is C13H19N3. The number of hydrogen-bond donors (Lipinski definition) is 0. The molecule has 0 aliphatic rings. The Morgan fingerprint density at radius 2 is 1.88 bits per heavy atom. The lowest BCUT2D eigenvalue weighted by molar-refractivity contribution is 0.959. The molecular weight excluding hydrogens is 198 g/mol. The van der Waals surface area contributed by atoms with Crippen molar-refractivity contribution in [2.75, 3.05) is 0 Å². The monoisotopic (exact) mass is 217 g/mol. The van der Waals surface area contributed by atoms with Gasteiger partial charge in [0.15, 0.2) is 0 Å².